The lowest BCUT2D eigenvalue weighted by Crippen LogP contribution is -2.49. The number of carbonyl (C=O) groups is 1. The Morgan fingerprint density at radius 3 is 2.23 bits per heavy atom. The lowest BCUT2D eigenvalue weighted by atomic mass is 10.0. The van der Waals surface area contributed by atoms with Gasteiger partial charge in [-0.05, 0) is 38.0 Å². The Hall–Kier alpha value is -3.21. The van der Waals surface area contributed by atoms with Gasteiger partial charge in [0.2, 0.25) is 0 Å². The van der Waals surface area contributed by atoms with Gasteiger partial charge in [-0.3, -0.25) is 4.79 Å². The summed E-state index contributed by atoms with van der Waals surface area (Å²) in [6.07, 6.45) is 0.810. The predicted octanol–water partition coefficient (Wildman–Crippen LogP) is 3.96. The summed E-state index contributed by atoms with van der Waals surface area (Å²) in [4.78, 5) is 26.6. The molecule has 2 heterocycles. The lowest BCUT2D eigenvalue weighted by Gasteiger charge is -2.36. The monoisotopic (exact) mass is 400 g/mol. The van der Waals surface area contributed by atoms with Crippen LogP contribution >= 0.6 is 0 Å². The minimum atomic E-state index is 0.118. The van der Waals surface area contributed by atoms with Crippen molar-refractivity contribution in [2.75, 3.05) is 31.1 Å². The minimum absolute atomic E-state index is 0.118. The highest BCUT2D eigenvalue weighted by Gasteiger charge is 2.26. The van der Waals surface area contributed by atoms with E-state index < -0.39 is 0 Å². The zero-order valence-electron chi connectivity index (χ0n) is 17.9. The Balaban J connectivity index is 1.53. The van der Waals surface area contributed by atoms with Crippen LogP contribution in [0, 0.1) is 20.8 Å². The summed E-state index contributed by atoms with van der Waals surface area (Å²) in [7, 11) is 0. The summed E-state index contributed by atoms with van der Waals surface area (Å²) in [5, 5.41) is 0. The van der Waals surface area contributed by atoms with E-state index >= 15 is 0 Å². The maximum Gasteiger partial charge on any atom is 0.254 e. The molecule has 30 heavy (non-hydrogen) atoms. The Morgan fingerprint density at radius 2 is 1.53 bits per heavy atom. The molecule has 4 rings (SSSR count). The highest BCUT2D eigenvalue weighted by molar-refractivity contribution is 5.95. The van der Waals surface area contributed by atoms with Gasteiger partial charge in [-0.25, -0.2) is 9.97 Å². The fourth-order valence-electron chi connectivity index (χ4n) is 4.09. The normalized spacial score (nSPS) is 14.1. The van der Waals surface area contributed by atoms with Crippen LogP contribution in [0.15, 0.2) is 54.6 Å². The summed E-state index contributed by atoms with van der Waals surface area (Å²) in [5.41, 5.74) is 5.27. The highest BCUT2D eigenvalue weighted by atomic mass is 16.2. The number of hydrogen-bond donors (Lipinski definition) is 0. The van der Waals surface area contributed by atoms with Crippen LogP contribution in [0.5, 0.6) is 0 Å². The van der Waals surface area contributed by atoms with Gasteiger partial charge in [0.25, 0.3) is 5.91 Å². The number of piperazine rings is 1. The molecule has 0 aliphatic carbocycles. The summed E-state index contributed by atoms with van der Waals surface area (Å²) < 4.78 is 0. The van der Waals surface area contributed by atoms with Crippen LogP contribution in [-0.2, 0) is 6.42 Å². The molecule has 1 aliphatic rings. The first-order valence-electron chi connectivity index (χ1n) is 10.5. The van der Waals surface area contributed by atoms with Crippen molar-refractivity contribution in [3.05, 3.63) is 88.4 Å². The SMILES string of the molecule is Cc1nc(C)c(Cc2ccccc2)c(N2CCN(C(=O)c3ccccc3C)CC2)n1. The molecule has 1 saturated heterocycles. The zero-order valence-corrected chi connectivity index (χ0v) is 17.9. The van der Waals surface area contributed by atoms with Gasteiger partial charge in [-0.15, -0.1) is 0 Å². The van der Waals surface area contributed by atoms with E-state index in [0.29, 0.717) is 13.1 Å². The molecule has 154 valence electrons. The Labute approximate surface area is 178 Å². The molecule has 5 nitrogen and oxygen atoms in total. The fraction of sp³-hybridized carbons (Fsp3) is 0.320. The number of aryl methyl sites for hydroxylation is 3. The lowest BCUT2D eigenvalue weighted by molar-refractivity contribution is 0.0745. The number of carbonyl (C=O) groups excluding carboxylic acids is 1. The summed E-state index contributed by atoms with van der Waals surface area (Å²) in [6.45, 7) is 8.94. The van der Waals surface area contributed by atoms with Gasteiger partial charge in [0.1, 0.15) is 11.6 Å². The third kappa shape index (κ3) is 4.20. The van der Waals surface area contributed by atoms with Gasteiger partial charge in [0.15, 0.2) is 0 Å². The van der Waals surface area contributed by atoms with Crippen molar-refractivity contribution < 1.29 is 4.79 Å². The third-order valence-corrected chi connectivity index (χ3v) is 5.77. The van der Waals surface area contributed by atoms with Crippen molar-refractivity contribution in [2.24, 2.45) is 0 Å². The predicted molar refractivity (Wildman–Crippen MR) is 120 cm³/mol. The number of hydrogen-bond acceptors (Lipinski definition) is 4. The average Bonchev–Trinajstić information content (AvgIpc) is 2.76. The third-order valence-electron chi connectivity index (χ3n) is 5.77. The smallest absolute Gasteiger partial charge is 0.254 e. The van der Waals surface area contributed by atoms with Crippen LogP contribution in [-0.4, -0.2) is 47.0 Å². The van der Waals surface area contributed by atoms with Gasteiger partial charge in [-0.2, -0.15) is 0 Å². The Morgan fingerprint density at radius 1 is 0.867 bits per heavy atom. The van der Waals surface area contributed by atoms with Crippen molar-refractivity contribution in [3.8, 4) is 0 Å². The van der Waals surface area contributed by atoms with Gasteiger partial charge in [0.05, 0.1) is 0 Å². The molecule has 0 bridgehead atoms. The molecule has 3 aromatic rings. The quantitative estimate of drug-likeness (QED) is 0.665. The highest BCUT2D eigenvalue weighted by Crippen LogP contribution is 2.25. The van der Waals surface area contributed by atoms with Crippen molar-refractivity contribution in [1.82, 2.24) is 14.9 Å². The zero-order chi connectivity index (χ0) is 21.1. The van der Waals surface area contributed by atoms with E-state index in [1.807, 2.05) is 49.1 Å². The molecule has 0 N–H and O–H groups in total. The number of aromatic nitrogens is 2. The second-order valence-electron chi connectivity index (χ2n) is 7.91. The van der Waals surface area contributed by atoms with Crippen molar-refractivity contribution in [3.63, 3.8) is 0 Å². The molecule has 0 atom stereocenters. The number of anilines is 1. The number of benzene rings is 2. The molecule has 0 spiro atoms. The van der Waals surface area contributed by atoms with E-state index in [2.05, 4.69) is 41.1 Å². The van der Waals surface area contributed by atoms with Crippen molar-refractivity contribution >= 4 is 11.7 Å². The van der Waals surface area contributed by atoms with E-state index in [-0.39, 0.29) is 5.91 Å². The van der Waals surface area contributed by atoms with Crippen LogP contribution in [0.25, 0.3) is 0 Å². The summed E-state index contributed by atoms with van der Waals surface area (Å²) >= 11 is 0. The fourth-order valence-corrected chi connectivity index (χ4v) is 4.09. The molecule has 1 aromatic heterocycles. The maximum absolute atomic E-state index is 13.0. The van der Waals surface area contributed by atoms with Gasteiger partial charge >= 0.3 is 0 Å². The maximum atomic E-state index is 13.0. The van der Waals surface area contributed by atoms with E-state index in [1.54, 1.807) is 0 Å². The molecule has 1 amide bonds. The van der Waals surface area contributed by atoms with Crippen LogP contribution in [0.4, 0.5) is 5.82 Å². The topological polar surface area (TPSA) is 49.3 Å². The minimum Gasteiger partial charge on any atom is -0.353 e. The first-order valence-corrected chi connectivity index (χ1v) is 10.5. The molecular formula is C25H28N4O. The summed E-state index contributed by atoms with van der Waals surface area (Å²) in [5.74, 6) is 1.91. The van der Waals surface area contributed by atoms with Gasteiger partial charge in [0, 0.05) is 49.4 Å². The molecule has 5 heteroatoms. The van der Waals surface area contributed by atoms with E-state index in [9.17, 15) is 4.79 Å². The first-order chi connectivity index (χ1) is 14.5. The average molecular weight is 401 g/mol. The molecule has 0 saturated carbocycles. The van der Waals surface area contributed by atoms with Gasteiger partial charge < -0.3 is 9.80 Å². The Bertz CT molecular complexity index is 1040. The second-order valence-corrected chi connectivity index (χ2v) is 7.91. The van der Waals surface area contributed by atoms with E-state index in [4.69, 9.17) is 4.98 Å². The number of amides is 1. The van der Waals surface area contributed by atoms with Crippen molar-refractivity contribution in [2.45, 2.75) is 27.2 Å². The van der Waals surface area contributed by atoms with Crippen LogP contribution in [0.3, 0.4) is 0 Å². The number of nitrogens with zero attached hydrogens (tertiary/aromatic N) is 4. The molecule has 1 aliphatic heterocycles. The molecule has 2 aromatic carbocycles. The van der Waals surface area contributed by atoms with E-state index in [1.165, 1.54) is 11.1 Å². The Kier molecular flexibility index (Phi) is 5.79. The molecule has 0 unspecified atom stereocenters. The second kappa shape index (κ2) is 8.66. The van der Waals surface area contributed by atoms with Gasteiger partial charge in [-0.1, -0.05) is 48.5 Å². The van der Waals surface area contributed by atoms with Crippen molar-refractivity contribution in [1.29, 1.82) is 0 Å². The molecule has 1 fully saturated rings. The summed E-state index contributed by atoms with van der Waals surface area (Å²) in [6, 6.07) is 18.3. The first kappa shape index (κ1) is 20.1. The van der Waals surface area contributed by atoms with Crippen LogP contribution in [0.1, 0.15) is 38.6 Å². The molecular weight excluding hydrogens is 372 g/mol. The molecule has 0 radical (unpaired) electrons. The largest absolute Gasteiger partial charge is 0.353 e. The van der Waals surface area contributed by atoms with Crippen LogP contribution < -0.4 is 4.90 Å². The number of rotatable bonds is 4. The van der Waals surface area contributed by atoms with Crippen LogP contribution in [0.2, 0.25) is 0 Å². The van der Waals surface area contributed by atoms with E-state index in [0.717, 1.165) is 48.0 Å². The standard InChI is InChI=1S/C25H28N4O/c1-18-9-7-8-12-22(18)25(30)29-15-13-28(14-16-29)24-23(19(2)26-20(3)27-24)17-21-10-5-4-6-11-21/h4-12H,13-17H2,1-3H3.